The summed E-state index contributed by atoms with van der Waals surface area (Å²) in [5.74, 6) is 0. The number of H-pyrrole nitrogens is 1. The molecule has 23 heavy (non-hydrogen) atoms. The molecule has 4 atom stereocenters. The average molecular weight is 327 g/mol. The van der Waals surface area contributed by atoms with Gasteiger partial charge in [-0.3, -0.25) is 19.2 Å². The van der Waals surface area contributed by atoms with Gasteiger partial charge in [-0.15, -0.1) is 0 Å². The lowest BCUT2D eigenvalue weighted by molar-refractivity contribution is -0.0463. The summed E-state index contributed by atoms with van der Waals surface area (Å²) in [4.78, 5) is 28.5. The van der Waals surface area contributed by atoms with Gasteiger partial charge in [0.2, 0.25) is 0 Å². The molecule has 9 heteroatoms. The fourth-order valence-corrected chi connectivity index (χ4v) is 3.02. The zero-order valence-corrected chi connectivity index (χ0v) is 12.8. The number of likely N-dealkylation sites (N-methyl/N-ethyl adjacent to an activating group) is 1. The summed E-state index contributed by atoms with van der Waals surface area (Å²) in [7, 11) is 1.89. The number of aromatic amines is 1. The number of aliphatic hydroxyl groups is 2. The van der Waals surface area contributed by atoms with Crippen molar-refractivity contribution < 1.29 is 19.7 Å². The molecular formula is C14H21N3O6. The molecule has 3 N–H and O–H groups in total. The molecule has 1 aromatic rings. The second-order valence-corrected chi connectivity index (χ2v) is 5.94. The highest BCUT2D eigenvalue weighted by molar-refractivity contribution is 5.12. The van der Waals surface area contributed by atoms with Crippen LogP contribution in [-0.4, -0.2) is 70.3 Å². The predicted octanol–water partition coefficient (Wildman–Crippen LogP) is -1.82. The molecule has 1 aromatic heterocycles. The van der Waals surface area contributed by atoms with Crippen molar-refractivity contribution in [1.82, 2.24) is 14.5 Å². The lowest BCUT2D eigenvalue weighted by Crippen LogP contribution is -2.42. The van der Waals surface area contributed by atoms with Gasteiger partial charge in [0.15, 0.2) is 0 Å². The molecule has 2 saturated heterocycles. The first-order valence-electron chi connectivity index (χ1n) is 7.59. The molecule has 0 aromatic carbocycles. The van der Waals surface area contributed by atoms with Gasteiger partial charge >= 0.3 is 5.69 Å². The second-order valence-electron chi connectivity index (χ2n) is 5.94. The molecule has 2 fully saturated rings. The van der Waals surface area contributed by atoms with Crippen molar-refractivity contribution in [3.63, 3.8) is 0 Å². The highest BCUT2D eigenvalue weighted by Crippen LogP contribution is 2.28. The smallest absolute Gasteiger partial charge is 0.330 e. The summed E-state index contributed by atoms with van der Waals surface area (Å²) in [5, 5.41) is 19.0. The maximum Gasteiger partial charge on any atom is 0.330 e. The Labute approximate surface area is 132 Å². The Hall–Kier alpha value is -1.52. The zero-order chi connectivity index (χ0) is 16.6. The van der Waals surface area contributed by atoms with E-state index in [1.807, 2.05) is 11.9 Å². The van der Waals surface area contributed by atoms with Gasteiger partial charge in [-0.25, -0.2) is 4.79 Å². The number of hydrogen-bond acceptors (Lipinski definition) is 7. The molecule has 3 heterocycles. The van der Waals surface area contributed by atoms with Crippen molar-refractivity contribution in [2.24, 2.45) is 0 Å². The van der Waals surface area contributed by atoms with E-state index in [-0.39, 0.29) is 19.1 Å². The van der Waals surface area contributed by atoms with E-state index in [9.17, 15) is 14.7 Å². The fourth-order valence-electron chi connectivity index (χ4n) is 3.02. The van der Waals surface area contributed by atoms with E-state index in [0.29, 0.717) is 25.3 Å². The third-order valence-corrected chi connectivity index (χ3v) is 4.44. The highest BCUT2D eigenvalue weighted by atomic mass is 16.5. The van der Waals surface area contributed by atoms with Crippen LogP contribution in [0.1, 0.15) is 24.3 Å². The van der Waals surface area contributed by atoms with E-state index in [0.717, 1.165) is 0 Å². The first-order chi connectivity index (χ1) is 11.0. The number of nitrogens with one attached hydrogen (secondary N) is 1. The van der Waals surface area contributed by atoms with Crippen LogP contribution in [0, 0.1) is 0 Å². The molecule has 3 rings (SSSR count). The standard InChI is InChI=1S/C14H21N3O6/c1-16-2-3-22-7-9(16)8-5-17(14(21)15-13(8)20)12-4-10(19)11(6-18)23-12/h5,9-12,18-19H,2-4,6-7H2,1H3,(H,15,20,21). The summed E-state index contributed by atoms with van der Waals surface area (Å²) in [5.41, 5.74) is -0.642. The molecule has 0 radical (unpaired) electrons. The van der Waals surface area contributed by atoms with E-state index < -0.39 is 29.7 Å². The van der Waals surface area contributed by atoms with Crippen LogP contribution in [0.3, 0.4) is 0 Å². The number of nitrogens with zero attached hydrogens (tertiary/aromatic N) is 2. The minimum absolute atomic E-state index is 0.174. The summed E-state index contributed by atoms with van der Waals surface area (Å²) < 4.78 is 12.2. The highest BCUT2D eigenvalue weighted by Gasteiger charge is 2.35. The van der Waals surface area contributed by atoms with Gasteiger partial charge in [0, 0.05) is 19.2 Å². The van der Waals surface area contributed by atoms with Crippen LogP contribution in [0.25, 0.3) is 0 Å². The van der Waals surface area contributed by atoms with Gasteiger partial charge in [-0.2, -0.15) is 0 Å². The molecule has 2 aliphatic heterocycles. The predicted molar refractivity (Wildman–Crippen MR) is 79.1 cm³/mol. The molecule has 9 nitrogen and oxygen atoms in total. The van der Waals surface area contributed by atoms with E-state index in [2.05, 4.69) is 4.98 Å². The summed E-state index contributed by atoms with van der Waals surface area (Å²) >= 11 is 0. The summed E-state index contributed by atoms with van der Waals surface area (Å²) in [6.45, 7) is 1.32. The summed E-state index contributed by atoms with van der Waals surface area (Å²) in [6, 6.07) is -0.251. The molecule has 4 unspecified atom stereocenters. The first kappa shape index (κ1) is 16.3. The third kappa shape index (κ3) is 3.10. The van der Waals surface area contributed by atoms with Gasteiger partial charge in [0.25, 0.3) is 5.56 Å². The molecule has 0 spiro atoms. The van der Waals surface area contributed by atoms with Crippen LogP contribution < -0.4 is 11.2 Å². The number of ether oxygens (including phenoxy) is 2. The summed E-state index contributed by atoms with van der Waals surface area (Å²) in [6.07, 6.45) is -0.669. The average Bonchev–Trinajstić information content (AvgIpc) is 2.89. The number of hydrogen-bond donors (Lipinski definition) is 3. The number of aromatic nitrogens is 2. The van der Waals surface area contributed by atoms with Gasteiger partial charge in [0.05, 0.1) is 37.5 Å². The number of rotatable bonds is 3. The van der Waals surface area contributed by atoms with Crippen LogP contribution in [-0.2, 0) is 9.47 Å². The minimum Gasteiger partial charge on any atom is -0.394 e. The van der Waals surface area contributed by atoms with Crippen LogP contribution in [0.4, 0.5) is 0 Å². The molecule has 0 amide bonds. The molecule has 128 valence electrons. The minimum atomic E-state index is -0.854. The normalized spacial score (nSPS) is 32.3. The quantitative estimate of drug-likeness (QED) is 0.598. The Morgan fingerprint density at radius 3 is 2.87 bits per heavy atom. The van der Waals surface area contributed by atoms with Crippen molar-refractivity contribution in [2.45, 2.75) is 30.9 Å². The first-order valence-corrected chi connectivity index (χ1v) is 7.59. The largest absolute Gasteiger partial charge is 0.394 e. The molecular weight excluding hydrogens is 306 g/mol. The Bertz CT molecular complexity index is 671. The van der Waals surface area contributed by atoms with Gasteiger partial charge in [0.1, 0.15) is 12.3 Å². The Kier molecular flexibility index (Phi) is 4.64. The second kappa shape index (κ2) is 6.54. The third-order valence-electron chi connectivity index (χ3n) is 4.44. The van der Waals surface area contributed by atoms with Gasteiger partial charge in [-0.1, -0.05) is 0 Å². The van der Waals surface area contributed by atoms with Gasteiger partial charge in [-0.05, 0) is 7.05 Å². The molecule has 2 aliphatic rings. The monoisotopic (exact) mass is 327 g/mol. The van der Waals surface area contributed by atoms with Crippen molar-refractivity contribution >= 4 is 0 Å². The lowest BCUT2D eigenvalue weighted by atomic mass is 10.1. The van der Waals surface area contributed by atoms with E-state index >= 15 is 0 Å². The van der Waals surface area contributed by atoms with E-state index in [1.54, 1.807) is 0 Å². The molecule has 0 saturated carbocycles. The van der Waals surface area contributed by atoms with E-state index in [4.69, 9.17) is 14.6 Å². The molecule has 0 bridgehead atoms. The maximum absolute atomic E-state index is 12.2. The van der Waals surface area contributed by atoms with E-state index in [1.165, 1.54) is 10.8 Å². The van der Waals surface area contributed by atoms with Crippen LogP contribution in [0.15, 0.2) is 15.8 Å². The van der Waals surface area contributed by atoms with Crippen molar-refractivity contribution in [2.75, 3.05) is 33.4 Å². The Balaban J connectivity index is 1.94. The topological polar surface area (TPSA) is 117 Å². The van der Waals surface area contributed by atoms with Crippen LogP contribution in [0.5, 0.6) is 0 Å². The van der Waals surface area contributed by atoms with Crippen LogP contribution in [0.2, 0.25) is 0 Å². The van der Waals surface area contributed by atoms with Crippen molar-refractivity contribution in [3.8, 4) is 0 Å². The van der Waals surface area contributed by atoms with Crippen molar-refractivity contribution in [1.29, 1.82) is 0 Å². The molecule has 0 aliphatic carbocycles. The fraction of sp³-hybridized carbons (Fsp3) is 0.714. The lowest BCUT2D eigenvalue weighted by Gasteiger charge is -2.32. The van der Waals surface area contributed by atoms with Crippen molar-refractivity contribution in [3.05, 3.63) is 32.6 Å². The Morgan fingerprint density at radius 2 is 2.22 bits per heavy atom. The van der Waals surface area contributed by atoms with Gasteiger partial charge < -0.3 is 19.7 Å². The zero-order valence-electron chi connectivity index (χ0n) is 12.8. The Morgan fingerprint density at radius 1 is 1.43 bits per heavy atom. The van der Waals surface area contributed by atoms with Crippen LogP contribution >= 0.6 is 0 Å². The maximum atomic E-state index is 12.2. The SMILES string of the molecule is CN1CCOCC1c1cn(C2CC(O)C(CO)O2)c(=O)[nH]c1=O. The number of aliphatic hydroxyl groups excluding tert-OH is 2. The number of morpholine rings is 1.